The molecule has 0 spiro atoms. The number of nitrogens with zero attached hydrogens (tertiary/aromatic N) is 3. The van der Waals surface area contributed by atoms with E-state index in [1.807, 2.05) is 0 Å². The first-order chi connectivity index (χ1) is 15.0. The Hall–Kier alpha value is -3.84. The highest BCUT2D eigenvalue weighted by Gasteiger charge is 2.19. The minimum absolute atomic E-state index is 0.273. The molecular formula is C23H18ClN3O4. The second-order valence-electron chi connectivity index (χ2n) is 6.55. The molecule has 4 rings (SSSR count). The molecule has 7 nitrogen and oxygen atoms in total. The lowest BCUT2D eigenvalue weighted by Gasteiger charge is -2.16. The van der Waals surface area contributed by atoms with E-state index < -0.39 is 5.56 Å². The first-order valence-corrected chi connectivity index (χ1v) is 9.66. The predicted molar refractivity (Wildman–Crippen MR) is 121 cm³/mol. The summed E-state index contributed by atoms with van der Waals surface area (Å²) in [6, 6.07) is 15.3. The molecule has 0 amide bonds. The van der Waals surface area contributed by atoms with Gasteiger partial charge in [0.25, 0.3) is 5.56 Å². The van der Waals surface area contributed by atoms with E-state index in [9.17, 15) is 9.90 Å². The molecule has 4 aromatic rings. The molecule has 0 atom stereocenters. The Bertz CT molecular complexity index is 1350. The van der Waals surface area contributed by atoms with Crippen LogP contribution in [0.3, 0.4) is 0 Å². The van der Waals surface area contributed by atoms with Crippen molar-refractivity contribution < 1.29 is 14.6 Å². The number of methoxy groups -OCH3 is 2. The number of aromatic hydroxyl groups is 1. The van der Waals surface area contributed by atoms with Crippen molar-refractivity contribution in [1.82, 2.24) is 9.55 Å². The van der Waals surface area contributed by atoms with Gasteiger partial charge < -0.3 is 14.6 Å². The summed E-state index contributed by atoms with van der Waals surface area (Å²) >= 11 is 5.88. The third-order valence-corrected chi connectivity index (χ3v) is 4.99. The van der Waals surface area contributed by atoms with Gasteiger partial charge in [-0.2, -0.15) is 0 Å². The molecule has 156 valence electrons. The van der Waals surface area contributed by atoms with Crippen molar-refractivity contribution in [3.63, 3.8) is 0 Å². The van der Waals surface area contributed by atoms with Crippen LogP contribution in [0, 0.1) is 0 Å². The molecule has 0 aliphatic carbocycles. The SMILES string of the molecule is COc1ccc(-n2c(O)c(C=Nc3ccc(Cl)cn3)c3ccccc3c2=O)c(OC)c1. The van der Waals surface area contributed by atoms with E-state index in [4.69, 9.17) is 21.1 Å². The number of pyridine rings is 2. The lowest BCUT2D eigenvalue weighted by Crippen LogP contribution is -2.20. The number of rotatable bonds is 5. The Balaban J connectivity index is 1.98. The van der Waals surface area contributed by atoms with E-state index in [1.165, 1.54) is 31.2 Å². The number of benzene rings is 2. The zero-order valence-corrected chi connectivity index (χ0v) is 17.5. The first-order valence-electron chi connectivity index (χ1n) is 9.28. The summed E-state index contributed by atoms with van der Waals surface area (Å²) in [5, 5.41) is 12.6. The maximum Gasteiger partial charge on any atom is 0.265 e. The maximum atomic E-state index is 13.3. The Kier molecular flexibility index (Phi) is 5.60. The van der Waals surface area contributed by atoms with Gasteiger partial charge in [-0.1, -0.05) is 29.8 Å². The summed E-state index contributed by atoms with van der Waals surface area (Å²) in [5.74, 6) is 1.07. The third-order valence-electron chi connectivity index (χ3n) is 4.77. The summed E-state index contributed by atoms with van der Waals surface area (Å²) < 4.78 is 11.9. The van der Waals surface area contributed by atoms with E-state index in [0.29, 0.717) is 44.4 Å². The molecule has 2 heterocycles. The number of halogens is 1. The predicted octanol–water partition coefficient (Wildman–Crippen LogP) is 4.51. The van der Waals surface area contributed by atoms with Crippen molar-refractivity contribution in [2.75, 3.05) is 14.2 Å². The summed E-state index contributed by atoms with van der Waals surface area (Å²) in [4.78, 5) is 21.8. The lowest BCUT2D eigenvalue weighted by molar-refractivity contribution is 0.389. The number of fused-ring (bicyclic) bond motifs is 1. The van der Waals surface area contributed by atoms with Gasteiger partial charge in [0.2, 0.25) is 5.88 Å². The van der Waals surface area contributed by atoms with Crippen LogP contribution < -0.4 is 15.0 Å². The fraction of sp³-hybridized carbons (Fsp3) is 0.0870. The third kappa shape index (κ3) is 3.83. The zero-order valence-electron chi connectivity index (χ0n) is 16.7. The Morgan fingerprint density at radius 1 is 1.06 bits per heavy atom. The highest BCUT2D eigenvalue weighted by atomic mass is 35.5. The monoisotopic (exact) mass is 435 g/mol. The van der Waals surface area contributed by atoms with Crippen molar-refractivity contribution in [1.29, 1.82) is 0 Å². The van der Waals surface area contributed by atoms with Crippen molar-refractivity contribution in [3.8, 4) is 23.1 Å². The maximum absolute atomic E-state index is 13.3. The van der Waals surface area contributed by atoms with Crippen molar-refractivity contribution in [2.24, 2.45) is 4.99 Å². The molecule has 2 aromatic heterocycles. The highest BCUT2D eigenvalue weighted by molar-refractivity contribution is 6.30. The van der Waals surface area contributed by atoms with Gasteiger partial charge in [0, 0.05) is 29.3 Å². The van der Waals surface area contributed by atoms with Gasteiger partial charge in [-0.15, -0.1) is 0 Å². The molecule has 0 radical (unpaired) electrons. The standard InChI is InChI=1S/C23H18ClN3O4/c1-30-15-8-9-19(20(11-15)31-2)27-22(28)17-6-4-3-5-16(17)18(23(27)29)13-26-21-10-7-14(24)12-25-21/h3-13,29H,1-2H3. The quantitative estimate of drug-likeness (QED) is 0.466. The van der Waals surface area contributed by atoms with Crippen LogP contribution in [-0.4, -0.2) is 35.1 Å². The van der Waals surface area contributed by atoms with Gasteiger partial charge in [0.15, 0.2) is 5.82 Å². The molecular weight excluding hydrogens is 418 g/mol. The second-order valence-corrected chi connectivity index (χ2v) is 6.99. The van der Waals surface area contributed by atoms with Gasteiger partial charge in [-0.25, -0.2) is 14.5 Å². The second kappa shape index (κ2) is 8.49. The Labute approximate surface area is 182 Å². The van der Waals surface area contributed by atoms with Crippen LogP contribution in [0.5, 0.6) is 17.4 Å². The normalized spacial score (nSPS) is 11.2. The van der Waals surface area contributed by atoms with Gasteiger partial charge in [-0.05, 0) is 30.3 Å². The van der Waals surface area contributed by atoms with E-state index in [1.54, 1.807) is 54.6 Å². The first kappa shape index (κ1) is 20.4. The number of hydrogen-bond acceptors (Lipinski definition) is 6. The van der Waals surface area contributed by atoms with Crippen LogP contribution in [0.2, 0.25) is 5.02 Å². The van der Waals surface area contributed by atoms with E-state index in [0.717, 1.165) is 0 Å². The lowest BCUT2D eigenvalue weighted by atomic mass is 10.1. The molecule has 1 N–H and O–H groups in total. The molecule has 2 aromatic carbocycles. The summed E-state index contributed by atoms with van der Waals surface area (Å²) in [6.07, 6.45) is 2.95. The molecule has 0 aliphatic heterocycles. The van der Waals surface area contributed by atoms with E-state index in [2.05, 4.69) is 9.98 Å². The van der Waals surface area contributed by atoms with Crippen molar-refractivity contribution in [2.45, 2.75) is 0 Å². The smallest absolute Gasteiger partial charge is 0.265 e. The van der Waals surface area contributed by atoms with Crippen LogP contribution in [0.1, 0.15) is 5.56 Å². The fourth-order valence-electron chi connectivity index (χ4n) is 3.26. The molecule has 0 saturated carbocycles. The Morgan fingerprint density at radius 3 is 2.52 bits per heavy atom. The fourth-order valence-corrected chi connectivity index (χ4v) is 3.37. The van der Waals surface area contributed by atoms with Crippen LogP contribution in [0.15, 0.2) is 70.6 Å². The van der Waals surface area contributed by atoms with Crippen LogP contribution >= 0.6 is 11.6 Å². The zero-order chi connectivity index (χ0) is 22.0. The largest absolute Gasteiger partial charge is 0.497 e. The van der Waals surface area contributed by atoms with Gasteiger partial charge in [0.05, 0.1) is 30.5 Å². The van der Waals surface area contributed by atoms with Crippen molar-refractivity contribution in [3.05, 3.63) is 81.7 Å². The summed E-state index contributed by atoms with van der Waals surface area (Å²) in [6.45, 7) is 0. The number of aromatic nitrogens is 2. The van der Waals surface area contributed by atoms with Gasteiger partial charge in [0.1, 0.15) is 11.5 Å². The van der Waals surface area contributed by atoms with Gasteiger partial charge in [-0.3, -0.25) is 4.79 Å². The van der Waals surface area contributed by atoms with Crippen LogP contribution in [-0.2, 0) is 0 Å². The molecule has 0 bridgehead atoms. The molecule has 0 aliphatic rings. The highest BCUT2D eigenvalue weighted by Crippen LogP contribution is 2.32. The van der Waals surface area contributed by atoms with E-state index >= 15 is 0 Å². The molecule has 8 heteroatoms. The minimum atomic E-state index is -0.390. The number of hydrogen-bond donors (Lipinski definition) is 1. The number of ether oxygens (including phenoxy) is 2. The Morgan fingerprint density at radius 2 is 1.84 bits per heavy atom. The molecule has 31 heavy (non-hydrogen) atoms. The topological polar surface area (TPSA) is 85.9 Å². The van der Waals surface area contributed by atoms with E-state index in [-0.39, 0.29) is 5.88 Å². The number of aliphatic imine (C=N–C) groups is 1. The van der Waals surface area contributed by atoms with Crippen LogP contribution in [0.4, 0.5) is 5.82 Å². The molecule has 0 saturated heterocycles. The van der Waals surface area contributed by atoms with Crippen molar-refractivity contribution >= 4 is 34.4 Å². The molecule has 0 unspecified atom stereocenters. The average molecular weight is 436 g/mol. The summed E-state index contributed by atoms with van der Waals surface area (Å²) in [5.41, 5.74) is 0.346. The minimum Gasteiger partial charge on any atom is -0.497 e. The molecule has 0 fully saturated rings. The average Bonchev–Trinajstić information content (AvgIpc) is 2.80. The summed E-state index contributed by atoms with van der Waals surface area (Å²) in [7, 11) is 3.02. The van der Waals surface area contributed by atoms with Gasteiger partial charge >= 0.3 is 0 Å². The van der Waals surface area contributed by atoms with Crippen LogP contribution in [0.25, 0.3) is 16.5 Å².